The second-order valence-corrected chi connectivity index (χ2v) is 11.3. The molecule has 0 spiro atoms. The van der Waals surface area contributed by atoms with E-state index in [-0.39, 0.29) is 6.29 Å². The van der Waals surface area contributed by atoms with E-state index in [1.165, 1.54) is 14.0 Å². The lowest BCUT2D eigenvalue weighted by Gasteiger charge is -2.48. The minimum absolute atomic E-state index is 0.0159. The Balaban J connectivity index is 2.12. The maximum absolute atomic E-state index is 12.9. The van der Waals surface area contributed by atoms with Gasteiger partial charge in [0.05, 0.1) is 25.1 Å². The summed E-state index contributed by atoms with van der Waals surface area (Å²) < 4.78 is 48.3. The van der Waals surface area contributed by atoms with Crippen LogP contribution in [-0.4, -0.2) is 158 Å². The minimum atomic E-state index is -4.08. The highest BCUT2D eigenvalue weighted by atomic mass is 31.1. The molecular formula is C21H37N6O14P. The highest BCUT2D eigenvalue weighted by Crippen LogP contribution is 2.49. The van der Waals surface area contributed by atoms with Gasteiger partial charge in [0.15, 0.2) is 30.4 Å². The molecule has 2 heterocycles. The van der Waals surface area contributed by atoms with Gasteiger partial charge in [-0.3, -0.25) is 9.79 Å². The summed E-state index contributed by atoms with van der Waals surface area (Å²) in [6.45, 7) is 0.420. The third kappa shape index (κ3) is 5.71. The van der Waals surface area contributed by atoms with Gasteiger partial charge < -0.3 is 77.2 Å². The Morgan fingerprint density at radius 3 is 2.21 bits per heavy atom. The summed E-state index contributed by atoms with van der Waals surface area (Å²) in [7, 11) is -2.73. The average molecular weight is 629 g/mol. The first-order valence-corrected chi connectivity index (χ1v) is 13.8. The van der Waals surface area contributed by atoms with Gasteiger partial charge in [-0.1, -0.05) is 0 Å². The lowest BCUT2D eigenvalue weighted by atomic mass is 9.81. The lowest BCUT2D eigenvalue weighted by Crippen LogP contribution is -2.70. The molecule has 0 unspecified atom stereocenters. The Hall–Kier alpha value is -2.17. The number of carbonyl (C=O) groups is 1. The molecule has 21 heteroatoms. The van der Waals surface area contributed by atoms with E-state index in [1.54, 1.807) is 0 Å². The number of aliphatic hydroxyl groups is 7. The molecule has 240 valence electrons. The minimum Gasteiger partial charge on any atom is -0.394 e. The maximum Gasteiger partial charge on any atom is 0.353 e. The first-order valence-electron chi connectivity index (χ1n) is 12.6. The van der Waals surface area contributed by atoms with Gasteiger partial charge in [0, 0.05) is 0 Å². The van der Waals surface area contributed by atoms with Crippen LogP contribution in [0.25, 0.3) is 0 Å². The zero-order valence-electron chi connectivity index (χ0n) is 22.4. The zero-order valence-corrected chi connectivity index (χ0v) is 23.3. The second kappa shape index (κ2) is 13.2. The smallest absolute Gasteiger partial charge is 0.353 e. The number of nitrogens with one attached hydrogen (secondary N) is 1. The molecule has 42 heavy (non-hydrogen) atoms. The Kier molecular flexibility index (Phi) is 10.8. The van der Waals surface area contributed by atoms with E-state index in [0.29, 0.717) is 6.34 Å². The molecule has 0 bridgehead atoms. The van der Waals surface area contributed by atoms with Crippen molar-refractivity contribution in [1.29, 1.82) is 0 Å². The van der Waals surface area contributed by atoms with Crippen molar-refractivity contribution >= 4 is 26.3 Å². The van der Waals surface area contributed by atoms with Crippen LogP contribution >= 0.6 is 7.68 Å². The summed E-state index contributed by atoms with van der Waals surface area (Å²) in [6.07, 6.45) is -17.7. The maximum atomic E-state index is 12.9. The third-order valence-corrected chi connectivity index (χ3v) is 8.91. The summed E-state index contributed by atoms with van der Waals surface area (Å²) in [5.41, 5.74) is 13.6. The van der Waals surface area contributed by atoms with Gasteiger partial charge in [-0.2, -0.15) is 0 Å². The Morgan fingerprint density at radius 2 is 1.71 bits per heavy atom. The Labute approximate surface area is 238 Å². The van der Waals surface area contributed by atoms with Crippen molar-refractivity contribution in [1.82, 2.24) is 5.32 Å². The summed E-state index contributed by atoms with van der Waals surface area (Å²) in [6, 6.07) is -4.97. The van der Waals surface area contributed by atoms with Crippen molar-refractivity contribution in [3.8, 4) is 0 Å². The molecule has 0 amide bonds. The molecule has 0 aromatic rings. The highest BCUT2D eigenvalue weighted by Gasteiger charge is 2.68. The van der Waals surface area contributed by atoms with Crippen LogP contribution < -0.4 is 22.5 Å². The molecule has 0 aromatic carbocycles. The predicted octanol–water partition coefficient (Wildman–Crippen LogP) is -6.95. The average Bonchev–Trinajstić information content (AvgIpc) is 3.17. The third-order valence-electron chi connectivity index (χ3n) is 7.71. The molecule has 0 aromatic heterocycles. The van der Waals surface area contributed by atoms with Crippen LogP contribution in [0.3, 0.4) is 0 Å². The number of ether oxygens (including phenoxy) is 4. The first-order chi connectivity index (χ1) is 19.7. The topological polar surface area (TPSA) is 345 Å². The van der Waals surface area contributed by atoms with E-state index < -0.39 is 111 Å². The van der Waals surface area contributed by atoms with Gasteiger partial charge in [0.25, 0.3) is 0 Å². The molecule has 3 rings (SSSR count). The van der Waals surface area contributed by atoms with Crippen molar-refractivity contribution in [2.24, 2.45) is 27.2 Å². The van der Waals surface area contributed by atoms with E-state index in [1.807, 2.05) is 0 Å². The summed E-state index contributed by atoms with van der Waals surface area (Å²) in [5.74, 6) is -0.768. The fourth-order valence-electron chi connectivity index (χ4n) is 5.34. The monoisotopic (exact) mass is 628 g/mol. The van der Waals surface area contributed by atoms with Crippen molar-refractivity contribution in [2.45, 2.75) is 97.4 Å². The first kappa shape index (κ1) is 34.3. The van der Waals surface area contributed by atoms with E-state index in [9.17, 15) is 49.7 Å². The molecule has 15 atom stereocenters. The SMILES string of the molecule is CN[C@@H]1[C@H](O[C@H]2[C@H](O[C@]3(P(=O)=O)[C@H](O)[C@@H](O)[C@H](N=CN)[C@@H](O)[C@@H]3N=C(N)N)O[C@@H](C)[C@]2(O)C=O)O[C@@H](CO)[C@H](O)[C@H]1O. The number of likely N-dealkylation sites (N-methyl/N-ethyl adjacent to an activating group) is 1. The number of aliphatic imine (C=N–C) groups is 2. The number of aliphatic hydroxyl groups excluding tert-OH is 6. The standard InChI is InChI=1S/C21H37N6O14P/c1-6-20(35,4-29)16(40-17-9(25-2)11(31)10(30)7(3-28)39-17)18(38-6)41-21(42(36)37)14(27-19(23)24)12(32)8(26-5-22)13(33)15(21)34/h4-18,25,28,30-35H,3H2,1-2H3,(H2,22,26)(H4,23,24,27)/t6-,7-,8+,9-,10-,11-,12+,13-,14-,15+,16-,17-,18-,20+,21+/m0/s1. The van der Waals surface area contributed by atoms with Crippen molar-refractivity contribution < 1.29 is 68.6 Å². The van der Waals surface area contributed by atoms with E-state index in [4.69, 9.17) is 36.1 Å². The van der Waals surface area contributed by atoms with Crippen molar-refractivity contribution in [3.63, 3.8) is 0 Å². The molecule has 1 saturated carbocycles. The van der Waals surface area contributed by atoms with Crippen LogP contribution in [0.4, 0.5) is 0 Å². The number of hydrogen-bond donors (Lipinski definition) is 11. The number of nitrogens with two attached hydrogens (primary N) is 3. The van der Waals surface area contributed by atoms with E-state index in [0.717, 1.165) is 0 Å². The van der Waals surface area contributed by atoms with Crippen LogP contribution in [-0.2, 0) is 32.9 Å². The fraction of sp³-hybridized carbons (Fsp3) is 0.857. The second-order valence-electron chi connectivity index (χ2n) is 10.1. The number of aldehydes is 1. The molecule has 1 aliphatic carbocycles. The Bertz CT molecular complexity index is 1090. The van der Waals surface area contributed by atoms with Gasteiger partial charge in [0.1, 0.15) is 54.8 Å². The largest absolute Gasteiger partial charge is 0.394 e. The van der Waals surface area contributed by atoms with Crippen molar-refractivity contribution in [3.05, 3.63) is 0 Å². The number of hydrogen-bond acceptors (Lipinski definition) is 17. The van der Waals surface area contributed by atoms with Gasteiger partial charge in [-0.25, -0.2) is 14.1 Å². The molecule has 3 fully saturated rings. The van der Waals surface area contributed by atoms with Crippen molar-refractivity contribution in [2.75, 3.05) is 13.7 Å². The van der Waals surface area contributed by atoms with Gasteiger partial charge in [0.2, 0.25) is 5.34 Å². The number of nitrogens with zero attached hydrogens (tertiary/aromatic N) is 2. The molecule has 2 aliphatic heterocycles. The molecule has 14 N–H and O–H groups in total. The normalized spacial score (nSPS) is 47.8. The summed E-state index contributed by atoms with van der Waals surface area (Å²) in [5, 5.41) is 73.9. The van der Waals surface area contributed by atoms with Gasteiger partial charge in [-0.05, 0) is 14.0 Å². The lowest BCUT2D eigenvalue weighted by molar-refractivity contribution is -0.318. The number of carbonyl (C=O) groups excluding carboxylic acids is 1. The summed E-state index contributed by atoms with van der Waals surface area (Å²) >= 11 is 0. The summed E-state index contributed by atoms with van der Waals surface area (Å²) in [4.78, 5) is 19.5. The van der Waals surface area contributed by atoms with Gasteiger partial charge in [-0.15, -0.1) is 0 Å². The molecular weight excluding hydrogens is 591 g/mol. The van der Waals surface area contributed by atoms with Crippen LogP contribution in [0.15, 0.2) is 9.98 Å². The van der Waals surface area contributed by atoms with Crippen LogP contribution in [0.1, 0.15) is 6.92 Å². The zero-order chi connectivity index (χ0) is 31.7. The van der Waals surface area contributed by atoms with Crippen LogP contribution in [0, 0.1) is 0 Å². The van der Waals surface area contributed by atoms with E-state index >= 15 is 0 Å². The molecule has 2 saturated heterocycles. The number of rotatable bonds is 10. The van der Waals surface area contributed by atoms with E-state index in [2.05, 4.69) is 15.3 Å². The van der Waals surface area contributed by atoms with Crippen LogP contribution in [0.5, 0.6) is 0 Å². The highest BCUT2D eigenvalue weighted by molar-refractivity contribution is 7.32. The predicted molar refractivity (Wildman–Crippen MR) is 137 cm³/mol. The van der Waals surface area contributed by atoms with Gasteiger partial charge >= 0.3 is 7.68 Å². The Morgan fingerprint density at radius 1 is 1.07 bits per heavy atom. The van der Waals surface area contributed by atoms with Crippen LogP contribution in [0.2, 0.25) is 0 Å². The fourth-order valence-corrected chi connectivity index (χ4v) is 6.32. The molecule has 0 radical (unpaired) electrons. The molecule has 20 nitrogen and oxygen atoms in total. The quantitative estimate of drug-likeness (QED) is 0.0463. The number of guanidine groups is 1. The molecule has 3 aliphatic rings.